The van der Waals surface area contributed by atoms with Crippen LogP contribution in [0.3, 0.4) is 0 Å². The predicted octanol–water partition coefficient (Wildman–Crippen LogP) is 3.91. The summed E-state index contributed by atoms with van der Waals surface area (Å²) in [6.07, 6.45) is 0. The van der Waals surface area contributed by atoms with Crippen LogP contribution in [0.1, 0.15) is 17.2 Å². The molecule has 0 spiro atoms. The molecule has 1 saturated heterocycles. The number of fused-ring (bicyclic) bond motifs is 1. The zero-order valence-corrected chi connectivity index (χ0v) is 18.6. The summed E-state index contributed by atoms with van der Waals surface area (Å²) in [6.45, 7) is 3.70. The van der Waals surface area contributed by atoms with Crippen LogP contribution in [0.5, 0.6) is 23.0 Å². The first kappa shape index (κ1) is 21.3. The molecule has 1 aliphatic heterocycles. The van der Waals surface area contributed by atoms with Gasteiger partial charge < -0.3 is 24.2 Å². The van der Waals surface area contributed by atoms with Gasteiger partial charge in [-0.05, 0) is 19.2 Å². The van der Waals surface area contributed by atoms with Gasteiger partial charge in [0.05, 0.1) is 27.4 Å². The van der Waals surface area contributed by atoms with E-state index in [1.54, 1.807) is 21.3 Å². The Hall–Kier alpha value is -2.96. The second-order valence-electron chi connectivity index (χ2n) is 7.88. The topological polar surface area (TPSA) is 54.4 Å². The zero-order chi connectivity index (χ0) is 22.0. The largest absolute Gasteiger partial charge is 0.507 e. The third kappa shape index (κ3) is 3.89. The molecule has 1 fully saturated rings. The summed E-state index contributed by atoms with van der Waals surface area (Å²) in [5.41, 5.74) is 1.82. The first-order valence-electron chi connectivity index (χ1n) is 10.5. The lowest BCUT2D eigenvalue weighted by atomic mass is 9.92. The molecule has 4 rings (SSSR count). The van der Waals surface area contributed by atoms with Gasteiger partial charge in [0.15, 0.2) is 11.5 Å². The average Bonchev–Trinajstić information content (AvgIpc) is 2.81. The van der Waals surface area contributed by atoms with E-state index < -0.39 is 0 Å². The molecule has 3 aromatic carbocycles. The van der Waals surface area contributed by atoms with Crippen molar-refractivity contribution in [3.63, 3.8) is 0 Å². The molecular weight excluding hydrogens is 392 g/mol. The molecule has 6 heteroatoms. The van der Waals surface area contributed by atoms with Crippen LogP contribution in [0.15, 0.2) is 48.5 Å². The molecule has 0 aliphatic carbocycles. The first-order valence-corrected chi connectivity index (χ1v) is 10.5. The van der Waals surface area contributed by atoms with Gasteiger partial charge in [-0.2, -0.15) is 0 Å². The SMILES string of the molecule is COc1cccc(C(c2ccc3c(OC)cccc3c2O)N2CCN(C)CC2)c1OC. The van der Waals surface area contributed by atoms with Crippen LogP contribution in [0.25, 0.3) is 10.8 Å². The van der Waals surface area contributed by atoms with Gasteiger partial charge in [0.2, 0.25) is 0 Å². The number of para-hydroxylation sites is 1. The van der Waals surface area contributed by atoms with Crippen LogP contribution in [-0.4, -0.2) is 69.5 Å². The van der Waals surface area contributed by atoms with Gasteiger partial charge in [-0.25, -0.2) is 0 Å². The molecule has 3 aromatic rings. The van der Waals surface area contributed by atoms with E-state index in [2.05, 4.69) is 22.9 Å². The lowest BCUT2D eigenvalue weighted by molar-refractivity contribution is 0.124. The van der Waals surface area contributed by atoms with Crippen LogP contribution in [0, 0.1) is 0 Å². The summed E-state index contributed by atoms with van der Waals surface area (Å²) in [7, 11) is 7.09. The van der Waals surface area contributed by atoms with Crippen LogP contribution >= 0.6 is 0 Å². The number of rotatable bonds is 6. The number of benzene rings is 3. The van der Waals surface area contributed by atoms with Crippen LogP contribution in [0.2, 0.25) is 0 Å². The maximum absolute atomic E-state index is 11.4. The highest BCUT2D eigenvalue weighted by molar-refractivity contribution is 5.94. The van der Waals surface area contributed by atoms with Crippen molar-refractivity contribution in [2.45, 2.75) is 6.04 Å². The fourth-order valence-corrected chi connectivity index (χ4v) is 4.50. The molecule has 0 amide bonds. The Balaban J connectivity index is 1.91. The van der Waals surface area contributed by atoms with E-state index in [1.807, 2.05) is 42.5 Å². The Morgan fingerprint density at radius 2 is 1.42 bits per heavy atom. The molecular formula is C25H30N2O4. The molecule has 1 N–H and O–H groups in total. The van der Waals surface area contributed by atoms with Crippen molar-refractivity contribution in [2.75, 3.05) is 54.6 Å². The van der Waals surface area contributed by atoms with Gasteiger partial charge in [-0.1, -0.05) is 36.4 Å². The molecule has 0 aromatic heterocycles. The van der Waals surface area contributed by atoms with Crippen molar-refractivity contribution in [1.29, 1.82) is 0 Å². The Bertz CT molecular complexity index is 1060. The predicted molar refractivity (Wildman–Crippen MR) is 123 cm³/mol. The summed E-state index contributed by atoms with van der Waals surface area (Å²) in [5.74, 6) is 2.39. The van der Waals surface area contributed by atoms with E-state index in [9.17, 15) is 5.11 Å². The fraction of sp³-hybridized carbons (Fsp3) is 0.360. The summed E-state index contributed by atoms with van der Waals surface area (Å²) < 4.78 is 16.8. The summed E-state index contributed by atoms with van der Waals surface area (Å²) in [6, 6.07) is 15.5. The Morgan fingerprint density at radius 1 is 0.742 bits per heavy atom. The average molecular weight is 423 g/mol. The highest BCUT2D eigenvalue weighted by Crippen LogP contribution is 2.45. The third-order valence-corrected chi connectivity index (χ3v) is 6.17. The molecule has 31 heavy (non-hydrogen) atoms. The molecule has 1 atom stereocenters. The quantitative estimate of drug-likeness (QED) is 0.650. The number of methoxy groups -OCH3 is 3. The fourth-order valence-electron chi connectivity index (χ4n) is 4.50. The van der Waals surface area contributed by atoms with Gasteiger partial charge in [0.1, 0.15) is 11.5 Å². The minimum Gasteiger partial charge on any atom is -0.507 e. The smallest absolute Gasteiger partial charge is 0.165 e. The molecule has 6 nitrogen and oxygen atoms in total. The van der Waals surface area contributed by atoms with E-state index in [-0.39, 0.29) is 11.8 Å². The van der Waals surface area contributed by atoms with Crippen molar-refractivity contribution in [3.05, 3.63) is 59.7 Å². The van der Waals surface area contributed by atoms with E-state index in [1.165, 1.54) is 0 Å². The van der Waals surface area contributed by atoms with Gasteiger partial charge >= 0.3 is 0 Å². The Labute approximate surface area is 183 Å². The van der Waals surface area contributed by atoms with Crippen molar-refractivity contribution in [2.24, 2.45) is 0 Å². The molecule has 1 heterocycles. The number of hydrogen-bond donors (Lipinski definition) is 1. The lowest BCUT2D eigenvalue weighted by Crippen LogP contribution is -2.46. The van der Waals surface area contributed by atoms with Gasteiger partial charge in [-0.3, -0.25) is 4.90 Å². The first-order chi connectivity index (χ1) is 15.1. The van der Waals surface area contributed by atoms with Crippen molar-refractivity contribution < 1.29 is 19.3 Å². The highest BCUT2D eigenvalue weighted by atomic mass is 16.5. The number of hydrogen-bond acceptors (Lipinski definition) is 6. The number of phenolic OH excluding ortho intramolecular Hbond substituents is 1. The second-order valence-corrected chi connectivity index (χ2v) is 7.88. The van der Waals surface area contributed by atoms with Crippen molar-refractivity contribution >= 4 is 10.8 Å². The molecule has 164 valence electrons. The Morgan fingerprint density at radius 3 is 2.10 bits per heavy atom. The normalized spacial score (nSPS) is 16.3. The van der Waals surface area contributed by atoms with Crippen molar-refractivity contribution in [1.82, 2.24) is 9.80 Å². The molecule has 1 unspecified atom stereocenters. The molecule has 0 radical (unpaired) electrons. The standard InChI is InChI=1S/C25H30N2O4/c1-26-13-15-27(16-14-26)23(20-8-6-10-22(30-3)25(20)31-4)19-12-11-17-18(24(19)28)7-5-9-21(17)29-2/h5-12,23,28H,13-16H2,1-4H3. The number of likely N-dealkylation sites (N-methyl/N-ethyl adjacent to an activating group) is 1. The van der Waals surface area contributed by atoms with E-state index in [0.717, 1.165) is 53.8 Å². The number of phenols is 1. The Kier molecular flexibility index (Phi) is 6.20. The number of piperazine rings is 1. The number of ether oxygens (including phenoxy) is 3. The minimum absolute atomic E-state index is 0.172. The summed E-state index contributed by atoms with van der Waals surface area (Å²) >= 11 is 0. The summed E-state index contributed by atoms with van der Waals surface area (Å²) in [4.78, 5) is 4.72. The molecule has 1 aliphatic rings. The van der Waals surface area contributed by atoms with E-state index in [4.69, 9.17) is 14.2 Å². The molecule has 0 bridgehead atoms. The maximum Gasteiger partial charge on any atom is 0.165 e. The minimum atomic E-state index is -0.172. The summed E-state index contributed by atoms with van der Waals surface area (Å²) in [5, 5.41) is 13.1. The molecule has 0 saturated carbocycles. The van der Waals surface area contributed by atoms with Crippen LogP contribution in [-0.2, 0) is 0 Å². The van der Waals surface area contributed by atoms with Crippen LogP contribution in [0.4, 0.5) is 0 Å². The van der Waals surface area contributed by atoms with Gasteiger partial charge in [0.25, 0.3) is 0 Å². The van der Waals surface area contributed by atoms with Crippen molar-refractivity contribution in [3.8, 4) is 23.0 Å². The maximum atomic E-state index is 11.4. The zero-order valence-electron chi connectivity index (χ0n) is 18.6. The second kappa shape index (κ2) is 9.04. The van der Waals surface area contributed by atoms with E-state index in [0.29, 0.717) is 11.5 Å². The third-order valence-electron chi connectivity index (χ3n) is 6.17. The monoisotopic (exact) mass is 422 g/mol. The highest BCUT2D eigenvalue weighted by Gasteiger charge is 2.31. The van der Waals surface area contributed by atoms with Gasteiger partial charge in [0, 0.05) is 48.1 Å². The number of aromatic hydroxyl groups is 1. The van der Waals surface area contributed by atoms with Gasteiger partial charge in [-0.15, -0.1) is 0 Å². The lowest BCUT2D eigenvalue weighted by Gasteiger charge is -2.39. The van der Waals surface area contributed by atoms with E-state index >= 15 is 0 Å². The van der Waals surface area contributed by atoms with Crippen LogP contribution < -0.4 is 14.2 Å². The number of nitrogens with zero attached hydrogens (tertiary/aromatic N) is 2.